The Morgan fingerprint density at radius 1 is 1.12 bits per heavy atom. The molecule has 1 aromatic heterocycles. The number of nitrogens with zero attached hydrogens (tertiary/aromatic N) is 2. The summed E-state index contributed by atoms with van der Waals surface area (Å²) in [7, 11) is 0. The van der Waals surface area contributed by atoms with Gasteiger partial charge in [-0.1, -0.05) is 24.0 Å². The number of halogens is 2. The van der Waals surface area contributed by atoms with Crippen LogP contribution in [-0.2, 0) is 0 Å². The molecule has 0 aliphatic carbocycles. The molecule has 26 heavy (non-hydrogen) atoms. The Morgan fingerprint density at radius 3 is 2.73 bits per heavy atom. The zero-order valence-corrected chi connectivity index (χ0v) is 13.5. The Morgan fingerprint density at radius 2 is 1.92 bits per heavy atom. The van der Waals surface area contributed by atoms with Gasteiger partial charge in [-0.3, -0.25) is 9.78 Å². The van der Waals surface area contributed by atoms with Crippen LogP contribution in [0, 0.1) is 23.5 Å². The standard InChI is InChI=1S/C19H13F2N3O2/c20-13-7-8-18(14(21)11-13)26-10-4-3-9-22-19(25)17-12-23-15-5-1-2-6-16(15)24-17/h1-2,5-8,11-12H,9-10H2,(H,22,25). The number of fused-ring (bicyclic) bond motifs is 1. The summed E-state index contributed by atoms with van der Waals surface area (Å²) in [6, 6.07) is 10.2. The van der Waals surface area contributed by atoms with Crippen LogP contribution in [0.1, 0.15) is 10.5 Å². The molecule has 7 heteroatoms. The van der Waals surface area contributed by atoms with Crippen LogP contribution in [-0.4, -0.2) is 29.0 Å². The molecule has 130 valence electrons. The third-order valence-corrected chi connectivity index (χ3v) is 3.34. The molecule has 0 saturated carbocycles. The van der Waals surface area contributed by atoms with Gasteiger partial charge in [0, 0.05) is 6.07 Å². The van der Waals surface area contributed by atoms with E-state index in [1.807, 2.05) is 12.1 Å². The number of hydrogen-bond acceptors (Lipinski definition) is 4. The lowest BCUT2D eigenvalue weighted by molar-refractivity contribution is 0.0953. The maximum atomic E-state index is 13.3. The average molecular weight is 353 g/mol. The molecule has 1 N–H and O–H groups in total. The fourth-order valence-electron chi connectivity index (χ4n) is 2.10. The summed E-state index contributed by atoms with van der Waals surface area (Å²) in [4.78, 5) is 20.4. The van der Waals surface area contributed by atoms with Crippen molar-refractivity contribution in [3.63, 3.8) is 0 Å². The normalized spacial score (nSPS) is 10.1. The van der Waals surface area contributed by atoms with Crippen LogP contribution in [0.2, 0.25) is 0 Å². The SMILES string of the molecule is O=C(NCC#CCOc1ccc(F)cc1F)c1cnc2ccccc2n1. The van der Waals surface area contributed by atoms with Gasteiger partial charge in [0.1, 0.15) is 18.1 Å². The van der Waals surface area contributed by atoms with Gasteiger partial charge >= 0.3 is 0 Å². The molecule has 1 amide bonds. The van der Waals surface area contributed by atoms with Gasteiger partial charge in [0.2, 0.25) is 0 Å². The molecular weight excluding hydrogens is 340 g/mol. The number of benzene rings is 2. The van der Waals surface area contributed by atoms with Gasteiger partial charge in [0.15, 0.2) is 11.6 Å². The van der Waals surface area contributed by atoms with E-state index in [0.717, 1.165) is 12.1 Å². The zero-order valence-electron chi connectivity index (χ0n) is 13.5. The number of amides is 1. The number of hydrogen-bond donors (Lipinski definition) is 1. The molecule has 1 heterocycles. The first-order chi connectivity index (χ1) is 12.6. The Balaban J connectivity index is 1.49. The quantitative estimate of drug-likeness (QED) is 0.733. The number of rotatable bonds is 4. The van der Waals surface area contributed by atoms with Crippen molar-refractivity contribution in [3.8, 4) is 17.6 Å². The Hall–Kier alpha value is -3.53. The summed E-state index contributed by atoms with van der Waals surface area (Å²) in [5.74, 6) is 3.34. The Kier molecular flexibility index (Phi) is 5.34. The van der Waals surface area contributed by atoms with Crippen LogP contribution < -0.4 is 10.1 Å². The highest BCUT2D eigenvalue weighted by Crippen LogP contribution is 2.17. The molecule has 5 nitrogen and oxygen atoms in total. The largest absolute Gasteiger partial charge is 0.478 e. The van der Waals surface area contributed by atoms with E-state index in [-0.39, 0.29) is 24.6 Å². The molecule has 3 rings (SSSR count). The lowest BCUT2D eigenvalue weighted by Gasteiger charge is -2.03. The van der Waals surface area contributed by atoms with E-state index in [2.05, 4.69) is 27.1 Å². The van der Waals surface area contributed by atoms with Gasteiger partial charge in [-0.05, 0) is 24.3 Å². The van der Waals surface area contributed by atoms with Crippen molar-refractivity contribution in [1.29, 1.82) is 0 Å². The minimum absolute atomic E-state index is 0.0720. The molecule has 0 bridgehead atoms. The second-order valence-corrected chi connectivity index (χ2v) is 5.14. The lowest BCUT2D eigenvalue weighted by atomic mass is 10.3. The van der Waals surface area contributed by atoms with Crippen LogP contribution in [0.4, 0.5) is 8.78 Å². The van der Waals surface area contributed by atoms with Gasteiger partial charge in [-0.2, -0.15) is 0 Å². The van der Waals surface area contributed by atoms with E-state index < -0.39 is 17.5 Å². The highest BCUT2D eigenvalue weighted by Gasteiger charge is 2.07. The first kappa shape index (κ1) is 17.3. The smallest absolute Gasteiger partial charge is 0.272 e. The number of nitrogens with one attached hydrogen (secondary N) is 1. The Bertz CT molecular complexity index is 1010. The van der Waals surface area contributed by atoms with Crippen molar-refractivity contribution in [2.75, 3.05) is 13.2 Å². The molecule has 0 fully saturated rings. The minimum Gasteiger partial charge on any atom is -0.478 e. The van der Waals surface area contributed by atoms with E-state index in [1.54, 1.807) is 12.1 Å². The minimum atomic E-state index is -0.796. The predicted molar refractivity (Wildman–Crippen MR) is 91.5 cm³/mol. The molecule has 3 aromatic rings. The fourth-order valence-corrected chi connectivity index (χ4v) is 2.10. The van der Waals surface area contributed by atoms with E-state index in [4.69, 9.17) is 4.74 Å². The summed E-state index contributed by atoms with van der Waals surface area (Å²) >= 11 is 0. The molecule has 0 spiro atoms. The maximum Gasteiger partial charge on any atom is 0.272 e. The molecule has 0 saturated heterocycles. The number of para-hydroxylation sites is 2. The number of ether oxygens (including phenoxy) is 1. The molecule has 0 unspecified atom stereocenters. The number of aromatic nitrogens is 2. The molecule has 0 radical (unpaired) electrons. The maximum absolute atomic E-state index is 13.3. The van der Waals surface area contributed by atoms with Crippen LogP contribution in [0.3, 0.4) is 0 Å². The summed E-state index contributed by atoms with van der Waals surface area (Å²) in [6.45, 7) is -0.0171. The van der Waals surface area contributed by atoms with Gasteiger partial charge in [-0.15, -0.1) is 0 Å². The summed E-state index contributed by atoms with van der Waals surface area (Å²) in [5, 5.41) is 2.59. The third-order valence-electron chi connectivity index (χ3n) is 3.34. The van der Waals surface area contributed by atoms with Crippen LogP contribution in [0.15, 0.2) is 48.7 Å². The molecule has 0 atom stereocenters. The van der Waals surface area contributed by atoms with Crippen molar-refractivity contribution in [3.05, 3.63) is 66.0 Å². The average Bonchev–Trinajstić information content (AvgIpc) is 2.65. The highest BCUT2D eigenvalue weighted by atomic mass is 19.1. The van der Waals surface area contributed by atoms with E-state index >= 15 is 0 Å². The van der Waals surface area contributed by atoms with Crippen LogP contribution in [0.5, 0.6) is 5.75 Å². The summed E-state index contributed by atoms with van der Waals surface area (Å²) in [6.07, 6.45) is 1.39. The third kappa shape index (κ3) is 4.30. The van der Waals surface area contributed by atoms with Crippen molar-refractivity contribution in [2.24, 2.45) is 0 Å². The predicted octanol–water partition coefficient (Wildman–Crippen LogP) is 2.72. The summed E-state index contributed by atoms with van der Waals surface area (Å²) in [5.41, 5.74) is 1.52. The number of carbonyl (C=O) groups excluding carboxylic acids is 1. The van der Waals surface area contributed by atoms with Gasteiger partial charge in [0.05, 0.1) is 23.8 Å². The molecule has 2 aromatic carbocycles. The topological polar surface area (TPSA) is 64.1 Å². The first-order valence-corrected chi connectivity index (χ1v) is 7.67. The van der Waals surface area contributed by atoms with Crippen LogP contribution in [0.25, 0.3) is 11.0 Å². The van der Waals surface area contributed by atoms with Crippen molar-refractivity contribution in [2.45, 2.75) is 0 Å². The molecule has 0 aliphatic rings. The van der Waals surface area contributed by atoms with Gasteiger partial charge < -0.3 is 10.1 Å². The summed E-state index contributed by atoms with van der Waals surface area (Å²) < 4.78 is 31.2. The van der Waals surface area contributed by atoms with E-state index in [9.17, 15) is 13.6 Å². The van der Waals surface area contributed by atoms with Crippen LogP contribution >= 0.6 is 0 Å². The van der Waals surface area contributed by atoms with Gasteiger partial charge in [0.25, 0.3) is 5.91 Å². The van der Waals surface area contributed by atoms with E-state index in [0.29, 0.717) is 11.0 Å². The van der Waals surface area contributed by atoms with Crippen molar-refractivity contribution >= 4 is 16.9 Å². The molecular formula is C19H13F2N3O2. The zero-order chi connectivity index (χ0) is 18.4. The Labute approximate surface area is 148 Å². The first-order valence-electron chi connectivity index (χ1n) is 7.67. The fraction of sp³-hybridized carbons (Fsp3) is 0.105. The van der Waals surface area contributed by atoms with Gasteiger partial charge in [-0.25, -0.2) is 13.8 Å². The van der Waals surface area contributed by atoms with E-state index in [1.165, 1.54) is 12.3 Å². The second kappa shape index (κ2) is 8.03. The second-order valence-electron chi connectivity index (χ2n) is 5.14. The monoisotopic (exact) mass is 353 g/mol. The number of carbonyl (C=O) groups is 1. The molecule has 0 aliphatic heterocycles. The van der Waals surface area contributed by atoms with Crippen molar-refractivity contribution < 1.29 is 18.3 Å². The van der Waals surface area contributed by atoms with Crippen molar-refractivity contribution in [1.82, 2.24) is 15.3 Å². The highest BCUT2D eigenvalue weighted by molar-refractivity contribution is 5.93. The lowest BCUT2D eigenvalue weighted by Crippen LogP contribution is -2.24.